The highest BCUT2D eigenvalue weighted by atomic mass is 79.9. The number of para-hydroxylation sites is 1. The fraction of sp³-hybridized carbons (Fsp3) is 0.133. The Kier molecular flexibility index (Phi) is 3.98. The van der Waals surface area contributed by atoms with Crippen LogP contribution in [0.3, 0.4) is 0 Å². The predicted octanol–water partition coefficient (Wildman–Crippen LogP) is 3.90. The molecule has 0 unspecified atom stereocenters. The van der Waals surface area contributed by atoms with E-state index in [0.29, 0.717) is 10.0 Å². The van der Waals surface area contributed by atoms with Gasteiger partial charge in [0.05, 0.1) is 10.0 Å². The van der Waals surface area contributed by atoms with Crippen molar-refractivity contribution in [2.24, 2.45) is 0 Å². The number of carbonyl (C=O) groups is 1. The number of nitrogens with one attached hydrogen (secondary N) is 2. The molecule has 2 N–H and O–H groups in total. The van der Waals surface area contributed by atoms with E-state index >= 15 is 0 Å². The average molecular weight is 369 g/mol. The van der Waals surface area contributed by atoms with Gasteiger partial charge in [-0.2, -0.15) is 8.78 Å². The molecule has 7 heteroatoms. The van der Waals surface area contributed by atoms with Crippen molar-refractivity contribution in [1.82, 2.24) is 5.32 Å². The van der Waals surface area contributed by atoms with E-state index in [2.05, 4.69) is 31.3 Å². The number of fused-ring (bicyclic) bond motifs is 1. The van der Waals surface area contributed by atoms with Crippen LogP contribution in [0.15, 0.2) is 46.9 Å². The molecule has 0 fully saturated rings. The topological polar surface area (TPSA) is 50.4 Å². The van der Waals surface area contributed by atoms with Crippen LogP contribution in [0.4, 0.5) is 14.5 Å². The summed E-state index contributed by atoms with van der Waals surface area (Å²) in [6.07, 6.45) is -0.445. The van der Waals surface area contributed by atoms with Gasteiger partial charge >= 0.3 is 6.61 Å². The van der Waals surface area contributed by atoms with Crippen LogP contribution < -0.4 is 15.4 Å². The molecule has 0 spiro atoms. The van der Waals surface area contributed by atoms with Gasteiger partial charge in [0.2, 0.25) is 0 Å². The summed E-state index contributed by atoms with van der Waals surface area (Å²) in [5.74, 6) is -0.148. The second-order valence-corrected chi connectivity index (χ2v) is 5.52. The number of halogens is 3. The van der Waals surface area contributed by atoms with Crippen molar-refractivity contribution in [3.05, 3.63) is 58.1 Å². The molecule has 0 saturated heterocycles. The third-order valence-corrected chi connectivity index (χ3v) is 3.87. The van der Waals surface area contributed by atoms with Gasteiger partial charge in [-0.1, -0.05) is 18.2 Å². The number of anilines is 1. The first-order valence-corrected chi connectivity index (χ1v) is 7.24. The van der Waals surface area contributed by atoms with Crippen LogP contribution in [0.5, 0.6) is 5.75 Å². The van der Waals surface area contributed by atoms with Crippen molar-refractivity contribution in [3.8, 4) is 5.75 Å². The van der Waals surface area contributed by atoms with Crippen LogP contribution in [0, 0.1) is 0 Å². The van der Waals surface area contributed by atoms with Crippen LogP contribution in [-0.2, 0) is 0 Å². The molecule has 4 nitrogen and oxygen atoms in total. The molecular formula is C15H11BrF2N2O2. The SMILES string of the molecule is O=C1N[C@@H](c2ccc(OC(F)F)c(Br)c2)Nc2ccccc21. The van der Waals surface area contributed by atoms with Gasteiger partial charge in [0.1, 0.15) is 11.9 Å². The maximum Gasteiger partial charge on any atom is 0.387 e. The molecule has 0 aliphatic carbocycles. The lowest BCUT2D eigenvalue weighted by Gasteiger charge is -2.28. The smallest absolute Gasteiger partial charge is 0.387 e. The second-order valence-electron chi connectivity index (χ2n) is 4.66. The van der Waals surface area contributed by atoms with Crippen molar-refractivity contribution in [3.63, 3.8) is 0 Å². The summed E-state index contributed by atoms with van der Waals surface area (Å²) in [4.78, 5) is 12.1. The van der Waals surface area contributed by atoms with Gasteiger partial charge in [-0.15, -0.1) is 0 Å². The number of benzene rings is 2. The molecule has 0 saturated carbocycles. The lowest BCUT2D eigenvalue weighted by Crippen LogP contribution is -2.38. The second kappa shape index (κ2) is 5.92. The van der Waals surface area contributed by atoms with Crippen molar-refractivity contribution >= 4 is 27.5 Å². The summed E-state index contributed by atoms with van der Waals surface area (Å²) < 4.78 is 29.3. The average Bonchev–Trinajstić information content (AvgIpc) is 2.49. The van der Waals surface area contributed by atoms with Crippen LogP contribution in [-0.4, -0.2) is 12.5 Å². The predicted molar refractivity (Wildman–Crippen MR) is 81.0 cm³/mol. The number of alkyl halides is 2. The Morgan fingerprint density at radius 2 is 1.91 bits per heavy atom. The quantitative estimate of drug-likeness (QED) is 0.863. The lowest BCUT2D eigenvalue weighted by atomic mass is 10.1. The minimum Gasteiger partial charge on any atom is -0.434 e. The highest BCUT2D eigenvalue weighted by molar-refractivity contribution is 9.10. The Bertz CT molecular complexity index is 724. The molecule has 0 bridgehead atoms. The Labute approximate surface area is 133 Å². The van der Waals surface area contributed by atoms with Gasteiger partial charge in [-0.3, -0.25) is 4.79 Å². The van der Waals surface area contributed by atoms with E-state index in [4.69, 9.17) is 0 Å². The molecule has 1 amide bonds. The number of carbonyl (C=O) groups excluding carboxylic acids is 1. The zero-order valence-corrected chi connectivity index (χ0v) is 12.7. The molecule has 114 valence electrons. The normalized spacial score (nSPS) is 16.7. The van der Waals surface area contributed by atoms with Gasteiger partial charge in [0, 0.05) is 5.69 Å². The highest BCUT2D eigenvalue weighted by Gasteiger charge is 2.24. The standard InChI is InChI=1S/C15H11BrF2N2O2/c16-10-7-8(5-6-12(10)22-15(17)18)13-19-11-4-2-1-3-9(11)14(21)20-13/h1-7,13,15,19H,(H,20,21)/t13-/m0/s1. The van der Waals surface area contributed by atoms with Crippen molar-refractivity contribution in [2.75, 3.05) is 5.32 Å². The zero-order chi connectivity index (χ0) is 15.7. The number of ether oxygens (including phenoxy) is 1. The van der Waals surface area contributed by atoms with Crippen LogP contribution >= 0.6 is 15.9 Å². The Morgan fingerprint density at radius 3 is 2.64 bits per heavy atom. The molecule has 1 heterocycles. The lowest BCUT2D eigenvalue weighted by molar-refractivity contribution is -0.0503. The molecule has 1 aliphatic heterocycles. The largest absolute Gasteiger partial charge is 0.434 e. The van der Waals surface area contributed by atoms with Crippen molar-refractivity contribution in [1.29, 1.82) is 0 Å². The van der Waals surface area contributed by atoms with Crippen LogP contribution in [0.1, 0.15) is 22.1 Å². The first-order chi connectivity index (χ1) is 10.5. The summed E-state index contributed by atoms with van der Waals surface area (Å²) in [6, 6.07) is 11.8. The first-order valence-electron chi connectivity index (χ1n) is 6.45. The Morgan fingerprint density at radius 1 is 1.14 bits per heavy atom. The number of amides is 1. The van der Waals surface area contributed by atoms with E-state index in [1.165, 1.54) is 6.07 Å². The van der Waals surface area contributed by atoms with Crippen LogP contribution in [0.2, 0.25) is 0 Å². The number of hydrogen-bond donors (Lipinski definition) is 2. The van der Waals surface area contributed by atoms with E-state index in [-0.39, 0.29) is 11.7 Å². The number of hydrogen-bond acceptors (Lipinski definition) is 3. The molecule has 0 aromatic heterocycles. The molecule has 1 aliphatic rings. The first kappa shape index (κ1) is 14.8. The van der Waals surface area contributed by atoms with Gasteiger partial charge in [0.15, 0.2) is 0 Å². The summed E-state index contributed by atoms with van der Waals surface area (Å²) >= 11 is 3.19. The molecular weight excluding hydrogens is 358 g/mol. The van der Waals surface area contributed by atoms with Gasteiger partial charge in [0.25, 0.3) is 5.91 Å². The molecule has 22 heavy (non-hydrogen) atoms. The van der Waals surface area contributed by atoms with E-state index in [0.717, 1.165) is 11.3 Å². The van der Waals surface area contributed by atoms with Gasteiger partial charge < -0.3 is 15.4 Å². The zero-order valence-electron chi connectivity index (χ0n) is 11.1. The maximum absolute atomic E-state index is 12.3. The molecule has 1 atom stereocenters. The fourth-order valence-corrected chi connectivity index (χ4v) is 2.75. The minimum atomic E-state index is -2.89. The highest BCUT2D eigenvalue weighted by Crippen LogP contribution is 2.32. The summed E-state index contributed by atoms with van der Waals surface area (Å²) in [5, 5.41) is 6.01. The van der Waals surface area contributed by atoms with Crippen molar-refractivity contribution < 1.29 is 18.3 Å². The Balaban J connectivity index is 1.87. The minimum absolute atomic E-state index is 0.0429. The molecule has 3 rings (SSSR count). The van der Waals surface area contributed by atoms with E-state index in [1.54, 1.807) is 24.3 Å². The molecule has 0 radical (unpaired) electrons. The third-order valence-electron chi connectivity index (χ3n) is 3.25. The number of rotatable bonds is 3. The van der Waals surface area contributed by atoms with Crippen molar-refractivity contribution in [2.45, 2.75) is 12.8 Å². The van der Waals surface area contributed by atoms with E-state index < -0.39 is 12.8 Å². The third kappa shape index (κ3) is 2.89. The fourth-order valence-electron chi connectivity index (χ4n) is 2.26. The van der Waals surface area contributed by atoms with Crippen LogP contribution in [0.25, 0.3) is 0 Å². The van der Waals surface area contributed by atoms with E-state index in [1.807, 2.05) is 12.1 Å². The summed E-state index contributed by atoms with van der Waals surface area (Å²) in [7, 11) is 0. The molecule has 2 aromatic rings. The Hall–Kier alpha value is -2.15. The van der Waals surface area contributed by atoms with Gasteiger partial charge in [-0.25, -0.2) is 0 Å². The monoisotopic (exact) mass is 368 g/mol. The maximum atomic E-state index is 12.3. The summed E-state index contributed by atoms with van der Waals surface area (Å²) in [5.41, 5.74) is 2.01. The summed E-state index contributed by atoms with van der Waals surface area (Å²) in [6.45, 7) is -2.89. The van der Waals surface area contributed by atoms with E-state index in [9.17, 15) is 13.6 Å². The molecule has 2 aromatic carbocycles. The van der Waals surface area contributed by atoms with Gasteiger partial charge in [-0.05, 0) is 45.8 Å².